The first-order valence-corrected chi connectivity index (χ1v) is 8.08. The van der Waals surface area contributed by atoms with Crippen molar-refractivity contribution in [3.8, 4) is 0 Å². The molecule has 0 heterocycles. The number of ketones is 1. The fourth-order valence-electron chi connectivity index (χ4n) is 1.80. The van der Waals surface area contributed by atoms with Crippen LogP contribution in [0.4, 0.5) is 0 Å². The molecule has 0 fully saturated rings. The highest BCUT2D eigenvalue weighted by Gasteiger charge is 1.99. The van der Waals surface area contributed by atoms with Crippen LogP contribution in [0.5, 0.6) is 0 Å². The molecule has 0 aliphatic heterocycles. The average Bonchev–Trinajstić information content (AvgIpc) is 2.56. The average molecular weight is 315 g/mol. The molecule has 0 amide bonds. The van der Waals surface area contributed by atoms with E-state index in [1.165, 1.54) is 19.3 Å². The Labute approximate surface area is 138 Å². The number of benzene rings is 2. The molecule has 116 valence electrons. The maximum atomic E-state index is 11.8. The lowest BCUT2D eigenvalue weighted by atomic mass is 10.1. The van der Waals surface area contributed by atoms with Gasteiger partial charge in [-0.1, -0.05) is 93.3 Å². The summed E-state index contributed by atoms with van der Waals surface area (Å²) in [6.45, 7) is 4.42. The summed E-state index contributed by atoms with van der Waals surface area (Å²) in [6, 6.07) is 16.5. The maximum Gasteiger partial charge on any atom is 0.185 e. The molecule has 0 atom stereocenters. The minimum absolute atomic E-state index is 0.000509. The standard InChI is InChI=1S/C15H11ClO.C5H12/c16-14-9-6-12(7-10-14)8-11-15(17)13-4-2-1-3-5-13;1-3-5-4-2/h1-11H;3-5H2,1-2H3. The third-order valence-corrected chi connectivity index (χ3v) is 3.31. The van der Waals surface area contributed by atoms with Crippen LogP contribution in [-0.2, 0) is 0 Å². The third kappa shape index (κ3) is 7.24. The van der Waals surface area contributed by atoms with E-state index in [9.17, 15) is 4.79 Å². The summed E-state index contributed by atoms with van der Waals surface area (Å²) in [5.41, 5.74) is 1.65. The molecule has 0 aromatic heterocycles. The second kappa shape index (κ2) is 10.8. The molecule has 1 nitrogen and oxygen atoms in total. The minimum Gasteiger partial charge on any atom is -0.289 e. The van der Waals surface area contributed by atoms with E-state index in [1.807, 2.05) is 30.3 Å². The SMILES string of the molecule is CCCCC.O=C(C=Cc1ccc(Cl)cc1)c1ccccc1. The molecule has 0 radical (unpaired) electrons. The van der Waals surface area contributed by atoms with Crippen molar-refractivity contribution in [1.82, 2.24) is 0 Å². The molecule has 2 heteroatoms. The van der Waals surface area contributed by atoms with Crippen molar-refractivity contribution in [2.24, 2.45) is 0 Å². The Morgan fingerprint density at radius 1 is 0.955 bits per heavy atom. The first-order valence-electron chi connectivity index (χ1n) is 7.70. The van der Waals surface area contributed by atoms with E-state index in [4.69, 9.17) is 11.6 Å². The van der Waals surface area contributed by atoms with E-state index in [0.717, 1.165) is 5.56 Å². The largest absolute Gasteiger partial charge is 0.289 e. The van der Waals surface area contributed by atoms with Gasteiger partial charge in [0.25, 0.3) is 0 Å². The predicted octanol–water partition coefficient (Wildman–Crippen LogP) is 6.43. The van der Waals surface area contributed by atoms with Crippen molar-refractivity contribution in [1.29, 1.82) is 0 Å². The van der Waals surface area contributed by atoms with Crippen LogP contribution in [0.2, 0.25) is 5.02 Å². The van der Waals surface area contributed by atoms with Gasteiger partial charge in [0.15, 0.2) is 5.78 Å². The lowest BCUT2D eigenvalue weighted by Crippen LogP contribution is -1.92. The fourth-order valence-corrected chi connectivity index (χ4v) is 1.92. The Balaban J connectivity index is 0.000000422. The van der Waals surface area contributed by atoms with E-state index in [0.29, 0.717) is 10.6 Å². The van der Waals surface area contributed by atoms with Crippen LogP contribution < -0.4 is 0 Å². The van der Waals surface area contributed by atoms with Gasteiger partial charge >= 0.3 is 0 Å². The summed E-state index contributed by atoms with van der Waals surface area (Å²) in [5, 5.41) is 0.691. The number of carbonyl (C=O) groups is 1. The lowest BCUT2D eigenvalue weighted by Gasteiger charge is -1.95. The number of allylic oxidation sites excluding steroid dienone is 1. The van der Waals surface area contributed by atoms with Gasteiger partial charge in [-0.05, 0) is 23.8 Å². The van der Waals surface area contributed by atoms with Gasteiger partial charge in [-0.3, -0.25) is 4.79 Å². The zero-order valence-electron chi connectivity index (χ0n) is 13.3. The van der Waals surface area contributed by atoms with Gasteiger partial charge in [-0.2, -0.15) is 0 Å². The van der Waals surface area contributed by atoms with Crippen LogP contribution in [0.25, 0.3) is 6.08 Å². The second-order valence-electron chi connectivity index (χ2n) is 4.97. The summed E-state index contributed by atoms with van der Waals surface area (Å²) in [6.07, 6.45) is 7.43. The Morgan fingerprint density at radius 2 is 1.55 bits per heavy atom. The van der Waals surface area contributed by atoms with Crippen LogP contribution in [0, 0.1) is 0 Å². The van der Waals surface area contributed by atoms with Crippen LogP contribution in [-0.4, -0.2) is 5.78 Å². The summed E-state index contributed by atoms with van der Waals surface area (Å²) in [7, 11) is 0. The highest BCUT2D eigenvalue weighted by atomic mass is 35.5. The summed E-state index contributed by atoms with van der Waals surface area (Å²) in [5.74, 6) is 0.000509. The normalized spacial score (nSPS) is 10.1. The third-order valence-electron chi connectivity index (χ3n) is 3.06. The number of unbranched alkanes of at least 4 members (excludes halogenated alkanes) is 2. The van der Waals surface area contributed by atoms with E-state index in [2.05, 4.69) is 13.8 Å². The molecular weight excluding hydrogens is 292 g/mol. The zero-order valence-corrected chi connectivity index (χ0v) is 14.0. The summed E-state index contributed by atoms with van der Waals surface area (Å²) < 4.78 is 0. The van der Waals surface area contributed by atoms with Gasteiger partial charge in [-0.25, -0.2) is 0 Å². The van der Waals surface area contributed by atoms with Crippen molar-refractivity contribution < 1.29 is 4.79 Å². The number of hydrogen-bond acceptors (Lipinski definition) is 1. The molecule has 0 N–H and O–H groups in total. The van der Waals surface area contributed by atoms with E-state index in [1.54, 1.807) is 36.4 Å². The van der Waals surface area contributed by atoms with Crippen LogP contribution >= 0.6 is 11.6 Å². The van der Waals surface area contributed by atoms with Crippen molar-refractivity contribution in [3.63, 3.8) is 0 Å². The molecule has 0 aliphatic rings. The Kier molecular flexibility index (Phi) is 8.94. The quantitative estimate of drug-likeness (QED) is 0.459. The maximum absolute atomic E-state index is 11.8. The van der Waals surface area contributed by atoms with Crippen molar-refractivity contribution in [3.05, 3.63) is 76.8 Å². The highest BCUT2D eigenvalue weighted by Crippen LogP contribution is 2.11. The van der Waals surface area contributed by atoms with Crippen molar-refractivity contribution in [2.45, 2.75) is 33.1 Å². The Morgan fingerprint density at radius 3 is 2.05 bits per heavy atom. The van der Waals surface area contributed by atoms with Gasteiger partial charge in [0.2, 0.25) is 0 Å². The molecule has 0 saturated carbocycles. The minimum atomic E-state index is 0.000509. The molecule has 2 aromatic carbocycles. The molecular formula is C20H23ClO. The molecule has 0 aliphatic carbocycles. The predicted molar refractivity (Wildman–Crippen MR) is 96.5 cm³/mol. The molecule has 0 unspecified atom stereocenters. The van der Waals surface area contributed by atoms with Crippen LogP contribution in [0.15, 0.2) is 60.7 Å². The summed E-state index contributed by atoms with van der Waals surface area (Å²) >= 11 is 5.78. The number of rotatable bonds is 5. The molecule has 0 spiro atoms. The monoisotopic (exact) mass is 314 g/mol. The number of hydrogen-bond donors (Lipinski definition) is 0. The molecule has 2 aromatic rings. The van der Waals surface area contributed by atoms with Gasteiger partial charge in [0, 0.05) is 10.6 Å². The van der Waals surface area contributed by atoms with Crippen molar-refractivity contribution in [2.75, 3.05) is 0 Å². The van der Waals surface area contributed by atoms with E-state index < -0.39 is 0 Å². The van der Waals surface area contributed by atoms with Crippen molar-refractivity contribution >= 4 is 23.5 Å². The van der Waals surface area contributed by atoms with Gasteiger partial charge in [-0.15, -0.1) is 0 Å². The number of halogens is 1. The smallest absolute Gasteiger partial charge is 0.185 e. The van der Waals surface area contributed by atoms with E-state index >= 15 is 0 Å². The van der Waals surface area contributed by atoms with Gasteiger partial charge in [0.05, 0.1) is 0 Å². The molecule has 0 bridgehead atoms. The molecule has 22 heavy (non-hydrogen) atoms. The Bertz CT molecular complexity index is 568. The highest BCUT2D eigenvalue weighted by molar-refractivity contribution is 6.30. The molecule has 0 saturated heterocycles. The van der Waals surface area contributed by atoms with Gasteiger partial charge in [0.1, 0.15) is 0 Å². The first kappa shape index (κ1) is 18.2. The summed E-state index contributed by atoms with van der Waals surface area (Å²) in [4.78, 5) is 11.8. The topological polar surface area (TPSA) is 17.1 Å². The van der Waals surface area contributed by atoms with Crippen LogP contribution in [0.3, 0.4) is 0 Å². The second-order valence-corrected chi connectivity index (χ2v) is 5.41. The lowest BCUT2D eigenvalue weighted by molar-refractivity contribution is 0.104. The zero-order chi connectivity index (χ0) is 16.2. The fraction of sp³-hybridized carbons (Fsp3) is 0.250. The Hall–Kier alpha value is -1.86. The number of carbonyl (C=O) groups excluding carboxylic acids is 1. The van der Waals surface area contributed by atoms with Gasteiger partial charge < -0.3 is 0 Å². The van der Waals surface area contributed by atoms with E-state index in [-0.39, 0.29) is 5.78 Å². The molecule has 2 rings (SSSR count). The van der Waals surface area contributed by atoms with Crippen LogP contribution in [0.1, 0.15) is 49.0 Å². The first-order chi connectivity index (χ1) is 10.7.